The summed E-state index contributed by atoms with van der Waals surface area (Å²) in [6.07, 6.45) is 0.960. The molecule has 1 aliphatic rings. The molecule has 0 unspecified atom stereocenters. The number of hydrogen-bond donors (Lipinski definition) is 1. The van der Waals surface area contributed by atoms with Gasteiger partial charge in [0.15, 0.2) is 0 Å². The van der Waals surface area contributed by atoms with Crippen LogP contribution in [0.4, 0.5) is 5.69 Å². The van der Waals surface area contributed by atoms with E-state index in [2.05, 4.69) is 17.4 Å². The molecule has 1 aliphatic carbocycles. The minimum absolute atomic E-state index is 0.127. The van der Waals surface area contributed by atoms with Crippen LogP contribution in [0.2, 0.25) is 0 Å². The summed E-state index contributed by atoms with van der Waals surface area (Å²) in [6.45, 7) is 2.01. The standard InChI is InChI=1S/C17H17NO/c1-12-7-5-6-10-16(12)18-17(19)15-11-14(15)13-8-3-2-4-9-13/h2-10,14-15H,11H2,1H3,(H,18,19)/t14-,15-/m1/s1. The topological polar surface area (TPSA) is 29.1 Å². The van der Waals surface area contributed by atoms with E-state index >= 15 is 0 Å². The van der Waals surface area contributed by atoms with E-state index in [1.165, 1.54) is 5.56 Å². The van der Waals surface area contributed by atoms with Crippen LogP contribution < -0.4 is 5.32 Å². The SMILES string of the molecule is Cc1ccccc1NC(=O)[C@@H]1C[C@@H]1c1ccccc1. The van der Waals surface area contributed by atoms with Crippen molar-refractivity contribution >= 4 is 11.6 Å². The van der Waals surface area contributed by atoms with Crippen molar-refractivity contribution in [2.45, 2.75) is 19.3 Å². The van der Waals surface area contributed by atoms with Gasteiger partial charge in [-0.1, -0.05) is 48.5 Å². The zero-order valence-electron chi connectivity index (χ0n) is 11.0. The van der Waals surface area contributed by atoms with Gasteiger partial charge in [0.05, 0.1) is 0 Å². The Bertz CT molecular complexity index is 591. The number of nitrogens with one attached hydrogen (secondary N) is 1. The predicted molar refractivity (Wildman–Crippen MR) is 77.1 cm³/mol. The van der Waals surface area contributed by atoms with E-state index in [4.69, 9.17) is 0 Å². The Morgan fingerprint density at radius 3 is 2.47 bits per heavy atom. The van der Waals surface area contributed by atoms with Gasteiger partial charge in [-0.05, 0) is 36.5 Å². The molecular formula is C17H17NO. The minimum atomic E-state index is 0.127. The molecule has 0 saturated heterocycles. The highest BCUT2D eigenvalue weighted by Gasteiger charge is 2.43. The van der Waals surface area contributed by atoms with Gasteiger partial charge in [-0.15, -0.1) is 0 Å². The van der Waals surface area contributed by atoms with Crippen LogP contribution >= 0.6 is 0 Å². The van der Waals surface area contributed by atoms with E-state index in [1.54, 1.807) is 0 Å². The fourth-order valence-electron chi connectivity index (χ4n) is 2.49. The molecule has 1 N–H and O–H groups in total. The quantitative estimate of drug-likeness (QED) is 0.884. The molecule has 96 valence electrons. The molecule has 0 spiro atoms. The Kier molecular flexibility index (Phi) is 3.08. The number of para-hydroxylation sites is 1. The second-order valence-electron chi connectivity index (χ2n) is 5.16. The van der Waals surface area contributed by atoms with Crippen LogP contribution in [0.1, 0.15) is 23.5 Å². The van der Waals surface area contributed by atoms with Gasteiger partial charge in [-0.3, -0.25) is 4.79 Å². The maximum absolute atomic E-state index is 12.2. The lowest BCUT2D eigenvalue weighted by atomic mass is 10.1. The van der Waals surface area contributed by atoms with Crippen molar-refractivity contribution in [1.82, 2.24) is 0 Å². The smallest absolute Gasteiger partial charge is 0.228 e. The van der Waals surface area contributed by atoms with Gasteiger partial charge in [0.25, 0.3) is 0 Å². The summed E-state index contributed by atoms with van der Waals surface area (Å²) >= 11 is 0. The molecule has 2 heteroatoms. The first kappa shape index (κ1) is 12.0. The van der Waals surface area contributed by atoms with Gasteiger partial charge in [0.2, 0.25) is 5.91 Å². The molecule has 2 aromatic carbocycles. The van der Waals surface area contributed by atoms with Crippen LogP contribution in [0.5, 0.6) is 0 Å². The number of rotatable bonds is 3. The van der Waals surface area contributed by atoms with Crippen molar-refractivity contribution in [2.24, 2.45) is 5.92 Å². The molecule has 3 rings (SSSR count). The van der Waals surface area contributed by atoms with Gasteiger partial charge >= 0.3 is 0 Å². The molecule has 0 aliphatic heterocycles. The van der Waals surface area contributed by atoms with E-state index in [9.17, 15) is 4.79 Å². The zero-order chi connectivity index (χ0) is 13.2. The largest absolute Gasteiger partial charge is 0.326 e. The number of hydrogen-bond acceptors (Lipinski definition) is 1. The van der Waals surface area contributed by atoms with Crippen LogP contribution in [0, 0.1) is 12.8 Å². The first-order chi connectivity index (χ1) is 9.25. The lowest BCUT2D eigenvalue weighted by molar-refractivity contribution is -0.117. The van der Waals surface area contributed by atoms with Gasteiger partial charge in [-0.25, -0.2) is 0 Å². The number of anilines is 1. The molecule has 0 bridgehead atoms. The number of amides is 1. The van der Waals surface area contributed by atoms with Crippen LogP contribution in [0.15, 0.2) is 54.6 Å². The van der Waals surface area contributed by atoms with Crippen molar-refractivity contribution in [3.05, 3.63) is 65.7 Å². The monoisotopic (exact) mass is 251 g/mol. The van der Waals surface area contributed by atoms with Gasteiger partial charge < -0.3 is 5.32 Å². The summed E-state index contributed by atoms with van der Waals surface area (Å²) in [6, 6.07) is 18.2. The van der Waals surface area contributed by atoms with E-state index in [-0.39, 0.29) is 11.8 Å². The Labute approximate surface area is 113 Å². The number of benzene rings is 2. The molecular weight excluding hydrogens is 234 g/mol. The minimum Gasteiger partial charge on any atom is -0.326 e. The fraction of sp³-hybridized carbons (Fsp3) is 0.235. The molecule has 1 amide bonds. The molecule has 0 radical (unpaired) electrons. The molecule has 1 fully saturated rings. The zero-order valence-corrected chi connectivity index (χ0v) is 11.0. The number of carbonyl (C=O) groups is 1. The fourth-order valence-corrected chi connectivity index (χ4v) is 2.49. The highest BCUT2D eigenvalue weighted by atomic mass is 16.2. The van der Waals surface area contributed by atoms with Crippen molar-refractivity contribution in [3.63, 3.8) is 0 Å². The molecule has 19 heavy (non-hydrogen) atoms. The average molecular weight is 251 g/mol. The molecule has 2 aromatic rings. The summed E-state index contributed by atoms with van der Waals surface area (Å²) < 4.78 is 0. The van der Waals surface area contributed by atoms with Crippen molar-refractivity contribution in [1.29, 1.82) is 0 Å². The van der Waals surface area contributed by atoms with Gasteiger partial charge in [-0.2, -0.15) is 0 Å². The van der Waals surface area contributed by atoms with Crippen LogP contribution in [-0.4, -0.2) is 5.91 Å². The van der Waals surface area contributed by atoms with E-state index in [0.717, 1.165) is 17.7 Å². The predicted octanol–water partition coefficient (Wildman–Crippen LogP) is 3.74. The first-order valence-corrected chi connectivity index (χ1v) is 6.67. The van der Waals surface area contributed by atoms with Crippen LogP contribution in [-0.2, 0) is 4.79 Å². The summed E-state index contributed by atoms with van der Waals surface area (Å²) in [5.74, 6) is 0.662. The van der Waals surface area contributed by atoms with Crippen LogP contribution in [0.3, 0.4) is 0 Å². The average Bonchev–Trinajstić information content (AvgIpc) is 3.23. The first-order valence-electron chi connectivity index (χ1n) is 6.67. The number of aryl methyl sites for hydroxylation is 1. The molecule has 0 aromatic heterocycles. The van der Waals surface area contributed by atoms with Gasteiger partial charge in [0, 0.05) is 11.6 Å². The lowest BCUT2D eigenvalue weighted by Crippen LogP contribution is -2.15. The third kappa shape index (κ3) is 2.53. The highest BCUT2D eigenvalue weighted by Crippen LogP contribution is 2.47. The molecule has 2 atom stereocenters. The summed E-state index contributed by atoms with van der Waals surface area (Å²) in [4.78, 5) is 12.2. The third-order valence-corrected chi connectivity index (χ3v) is 3.76. The van der Waals surface area contributed by atoms with Crippen molar-refractivity contribution in [2.75, 3.05) is 5.32 Å². The Morgan fingerprint density at radius 1 is 1.05 bits per heavy atom. The van der Waals surface area contributed by atoms with Crippen molar-refractivity contribution in [3.8, 4) is 0 Å². The van der Waals surface area contributed by atoms with Crippen molar-refractivity contribution < 1.29 is 4.79 Å². The summed E-state index contributed by atoms with van der Waals surface area (Å²) in [5.41, 5.74) is 3.30. The Balaban J connectivity index is 1.66. The van der Waals surface area contributed by atoms with E-state index < -0.39 is 0 Å². The molecule has 0 heterocycles. The summed E-state index contributed by atoms with van der Waals surface area (Å²) in [7, 11) is 0. The molecule has 2 nitrogen and oxygen atoms in total. The van der Waals surface area contributed by atoms with Gasteiger partial charge in [0.1, 0.15) is 0 Å². The second kappa shape index (κ2) is 4.88. The van der Waals surface area contributed by atoms with Crippen LogP contribution in [0.25, 0.3) is 0 Å². The Morgan fingerprint density at radius 2 is 1.74 bits per heavy atom. The molecule has 1 saturated carbocycles. The summed E-state index contributed by atoms with van der Waals surface area (Å²) in [5, 5.41) is 3.03. The normalized spacial score (nSPS) is 20.9. The highest BCUT2D eigenvalue weighted by molar-refractivity contribution is 5.95. The Hall–Kier alpha value is -2.09. The van der Waals surface area contributed by atoms with E-state index in [0.29, 0.717) is 5.92 Å². The maximum Gasteiger partial charge on any atom is 0.228 e. The lowest BCUT2D eigenvalue weighted by Gasteiger charge is -2.07. The van der Waals surface area contributed by atoms with E-state index in [1.807, 2.05) is 49.4 Å². The maximum atomic E-state index is 12.2. The second-order valence-corrected chi connectivity index (χ2v) is 5.16. The number of carbonyl (C=O) groups excluding carboxylic acids is 1. The third-order valence-electron chi connectivity index (χ3n) is 3.76.